The summed E-state index contributed by atoms with van der Waals surface area (Å²) in [6.45, 7) is 3.04. The second kappa shape index (κ2) is 7.75. The molecule has 0 bridgehead atoms. The summed E-state index contributed by atoms with van der Waals surface area (Å²) in [6.07, 6.45) is 6.02. The average molecular weight is 356 g/mol. The van der Waals surface area contributed by atoms with Gasteiger partial charge in [0.25, 0.3) is 5.91 Å². The molecule has 0 aromatic carbocycles. The first-order chi connectivity index (χ1) is 10.2. The van der Waals surface area contributed by atoms with Gasteiger partial charge < -0.3 is 15.3 Å². The van der Waals surface area contributed by atoms with Crippen LogP contribution in [0.15, 0.2) is 16.7 Å². The number of carbonyl (C=O) groups excluding carboxylic acids is 1. The Morgan fingerprint density at radius 3 is 2.86 bits per heavy atom. The van der Waals surface area contributed by atoms with Crippen LogP contribution in [-0.4, -0.2) is 46.6 Å². The molecule has 0 spiro atoms. The molecule has 1 aromatic rings. The molecule has 116 valence electrons. The van der Waals surface area contributed by atoms with E-state index in [0.717, 1.165) is 30.2 Å². The number of hydrogen-bond acceptors (Lipinski definition) is 4. The highest BCUT2D eigenvalue weighted by Crippen LogP contribution is 2.27. The van der Waals surface area contributed by atoms with Gasteiger partial charge in [-0.3, -0.25) is 4.79 Å². The molecule has 1 saturated carbocycles. The molecular formula is C15H22BrN3O2. The van der Waals surface area contributed by atoms with Gasteiger partial charge in [-0.1, -0.05) is 12.8 Å². The third-order valence-corrected chi connectivity index (χ3v) is 4.23. The second-order valence-electron chi connectivity index (χ2n) is 5.24. The zero-order chi connectivity index (χ0) is 15.2. The number of aromatic nitrogens is 1. The Kier molecular flexibility index (Phi) is 5.99. The summed E-state index contributed by atoms with van der Waals surface area (Å²) < 4.78 is 0.780. The van der Waals surface area contributed by atoms with Crippen LogP contribution < -0.4 is 5.32 Å². The minimum atomic E-state index is -0.0549. The van der Waals surface area contributed by atoms with Gasteiger partial charge in [0.1, 0.15) is 5.82 Å². The first-order valence-corrected chi connectivity index (χ1v) is 8.28. The summed E-state index contributed by atoms with van der Waals surface area (Å²) in [5.74, 6) is 0.548. The van der Waals surface area contributed by atoms with Crippen molar-refractivity contribution in [1.82, 2.24) is 9.88 Å². The molecule has 1 amide bonds. The molecule has 5 nitrogen and oxygen atoms in total. The number of anilines is 1. The molecule has 1 heterocycles. The highest BCUT2D eigenvalue weighted by molar-refractivity contribution is 9.10. The van der Waals surface area contributed by atoms with Crippen molar-refractivity contribution in [2.75, 3.05) is 25.0 Å². The van der Waals surface area contributed by atoms with Gasteiger partial charge in [-0.15, -0.1) is 0 Å². The topological polar surface area (TPSA) is 65.5 Å². The Labute approximate surface area is 133 Å². The Bertz CT molecular complexity index is 490. The molecule has 0 aliphatic heterocycles. The van der Waals surface area contributed by atoms with E-state index in [2.05, 4.69) is 26.2 Å². The van der Waals surface area contributed by atoms with Crippen LogP contribution in [0, 0.1) is 0 Å². The summed E-state index contributed by atoms with van der Waals surface area (Å²) in [4.78, 5) is 19.0. The normalized spacial score (nSPS) is 15.2. The van der Waals surface area contributed by atoms with E-state index in [1.165, 1.54) is 0 Å². The maximum absolute atomic E-state index is 12.9. The predicted octanol–water partition coefficient (Wildman–Crippen LogP) is 2.65. The third-order valence-electron chi connectivity index (χ3n) is 3.80. The molecule has 0 atom stereocenters. The van der Waals surface area contributed by atoms with Gasteiger partial charge in [0, 0.05) is 29.8 Å². The number of nitrogens with one attached hydrogen (secondary N) is 1. The number of carbonyl (C=O) groups is 1. The van der Waals surface area contributed by atoms with Crippen molar-refractivity contribution in [3.8, 4) is 0 Å². The number of aliphatic hydroxyl groups is 1. The molecule has 0 unspecified atom stereocenters. The fraction of sp³-hybridized carbons (Fsp3) is 0.600. The molecular weight excluding hydrogens is 334 g/mol. The monoisotopic (exact) mass is 355 g/mol. The van der Waals surface area contributed by atoms with Crippen LogP contribution >= 0.6 is 15.9 Å². The molecule has 6 heteroatoms. The summed E-state index contributed by atoms with van der Waals surface area (Å²) in [5, 5.41) is 12.4. The fourth-order valence-electron chi connectivity index (χ4n) is 2.84. The highest BCUT2D eigenvalue weighted by atomic mass is 79.9. The quantitative estimate of drug-likeness (QED) is 0.823. The molecule has 2 N–H and O–H groups in total. The second-order valence-corrected chi connectivity index (χ2v) is 6.16. The standard InChI is InChI=1S/C15H22BrN3O2/c1-2-17-14-13(9-11(16)10-18-14)15(21)19(7-8-20)12-5-3-4-6-12/h9-10,12,20H,2-8H2,1H3,(H,17,18). The van der Waals surface area contributed by atoms with Gasteiger partial charge in [-0.05, 0) is 41.8 Å². The smallest absolute Gasteiger partial charge is 0.257 e. The number of rotatable bonds is 6. The Morgan fingerprint density at radius 1 is 1.52 bits per heavy atom. The number of nitrogens with zero attached hydrogens (tertiary/aromatic N) is 2. The zero-order valence-electron chi connectivity index (χ0n) is 12.3. The molecule has 2 rings (SSSR count). The van der Waals surface area contributed by atoms with E-state index >= 15 is 0 Å². The summed E-state index contributed by atoms with van der Waals surface area (Å²) in [6, 6.07) is 2.03. The molecule has 21 heavy (non-hydrogen) atoms. The van der Waals surface area contributed by atoms with Crippen LogP contribution in [0.3, 0.4) is 0 Å². The molecule has 1 aromatic heterocycles. The van der Waals surface area contributed by atoms with Crippen LogP contribution in [0.4, 0.5) is 5.82 Å². The van der Waals surface area contributed by atoms with Crippen LogP contribution in [-0.2, 0) is 0 Å². The minimum absolute atomic E-state index is 0.0137. The number of amides is 1. The van der Waals surface area contributed by atoms with Crippen LogP contribution in [0.2, 0.25) is 0 Å². The van der Waals surface area contributed by atoms with Crippen LogP contribution in [0.25, 0.3) is 0 Å². The van der Waals surface area contributed by atoms with Crippen LogP contribution in [0.1, 0.15) is 43.0 Å². The van der Waals surface area contributed by atoms with E-state index in [0.29, 0.717) is 24.5 Å². The molecule has 0 saturated heterocycles. The maximum Gasteiger partial charge on any atom is 0.257 e. The van der Waals surface area contributed by atoms with Gasteiger partial charge >= 0.3 is 0 Å². The van der Waals surface area contributed by atoms with Crippen molar-refractivity contribution in [3.05, 3.63) is 22.3 Å². The lowest BCUT2D eigenvalue weighted by atomic mass is 10.1. The average Bonchev–Trinajstić information content (AvgIpc) is 3.00. The lowest BCUT2D eigenvalue weighted by Crippen LogP contribution is -2.41. The number of hydrogen-bond donors (Lipinski definition) is 2. The van der Waals surface area contributed by atoms with Gasteiger partial charge in [-0.2, -0.15) is 0 Å². The van der Waals surface area contributed by atoms with Gasteiger partial charge in [0.05, 0.1) is 12.2 Å². The SMILES string of the molecule is CCNc1ncc(Br)cc1C(=O)N(CCO)C1CCCC1. The van der Waals surface area contributed by atoms with Crippen molar-refractivity contribution in [1.29, 1.82) is 0 Å². The van der Waals surface area contributed by atoms with Crippen molar-refractivity contribution < 1.29 is 9.90 Å². The summed E-state index contributed by atoms with van der Waals surface area (Å²) in [5.41, 5.74) is 0.562. The van der Waals surface area contributed by atoms with E-state index in [-0.39, 0.29) is 18.6 Å². The van der Waals surface area contributed by atoms with Crippen molar-refractivity contribution in [2.24, 2.45) is 0 Å². The van der Waals surface area contributed by atoms with E-state index < -0.39 is 0 Å². The number of pyridine rings is 1. The van der Waals surface area contributed by atoms with Gasteiger partial charge in [-0.25, -0.2) is 4.98 Å². The van der Waals surface area contributed by atoms with Crippen molar-refractivity contribution >= 4 is 27.7 Å². The Morgan fingerprint density at radius 2 is 2.24 bits per heavy atom. The molecule has 1 fully saturated rings. The zero-order valence-corrected chi connectivity index (χ0v) is 13.9. The Balaban J connectivity index is 2.28. The summed E-state index contributed by atoms with van der Waals surface area (Å²) in [7, 11) is 0. The van der Waals surface area contributed by atoms with E-state index in [9.17, 15) is 9.90 Å². The van der Waals surface area contributed by atoms with E-state index in [1.54, 1.807) is 17.2 Å². The first-order valence-electron chi connectivity index (χ1n) is 7.48. The van der Waals surface area contributed by atoms with Crippen LogP contribution in [0.5, 0.6) is 0 Å². The molecule has 1 aliphatic carbocycles. The highest BCUT2D eigenvalue weighted by Gasteiger charge is 2.28. The predicted molar refractivity (Wildman–Crippen MR) is 86.5 cm³/mol. The lowest BCUT2D eigenvalue weighted by Gasteiger charge is -2.29. The molecule has 1 aliphatic rings. The van der Waals surface area contributed by atoms with Crippen molar-refractivity contribution in [3.63, 3.8) is 0 Å². The molecule has 0 radical (unpaired) electrons. The lowest BCUT2D eigenvalue weighted by molar-refractivity contribution is 0.0638. The fourth-order valence-corrected chi connectivity index (χ4v) is 3.17. The minimum Gasteiger partial charge on any atom is -0.395 e. The largest absolute Gasteiger partial charge is 0.395 e. The number of aliphatic hydroxyl groups excluding tert-OH is 1. The van der Waals surface area contributed by atoms with Gasteiger partial charge in [0.2, 0.25) is 0 Å². The summed E-state index contributed by atoms with van der Waals surface area (Å²) >= 11 is 3.38. The third kappa shape index (κ3) is 3.95. The maximum atomic E-state index is 12.9. The van der Waals surface area contributed by atoms with Crippen molar-refractivity contribution in [2.45, 2.75) is 38.6 Å². The number of halogens is 1. The van der Waals surface area contributed by atoms with Gasteiger partial charge in [0.15, 0.2) is 0 Å². The van der Waals surface area contributed by atoms with E-state index in [1.807, 2.05) is 6.92 Å². The Hall–Kier alpha value is -1.14. The van der Waals surface area contributed by atoms with E-state index in [4.69, 9.17) is 0 Å². The first kappa shape index (κ1) is 16.2.